The fourth-order valence-corrected chi connectivity index (χ4v) is 1.14. The van der Waals surface area contributed by atoms with Crippen LogP contribution >= 0.6 is 0 Å². The van der Waals surface area contributed by atoms with Crippen molar-refractivity contribution >= 4 is 12.1 Å². The molecule has 0 unspecified atom stereocenters. The van der Waals surface area contributed by atoms with Crippen molar-refractivity contribution < 1.29 is 26.7 Å². The first-order valence-electron chi connectivity index (χ1n) is 3.88. The molecule has 0 amide bonds. The van der Waals surface area contributed by atoms with Crippen LogP contribution in [0.2, 0.25) is 0 Å². The first-order chi connectivity index (χ1) is 7.29. The van der Waals surface area contributed by atoms with Crippen LogP contribution in [-0.2, 0) is 6.18 Å². The zero-order valence-corrected chi connectivity index (χ0v) is 7.55. The van der Waals surface area contributed by atoms with Crippen molar-refractivity contribution in [2.45, 2.75) is 12.6 Å². The van der Waals surface area contributed by atoms with Gasteiger partial charge in [0.05, 0.1) is 11.1 Å². The number of carbonyl (C=O) groups is 1. The minimum Gasteiger partial charge on any atom is -0.383 e. The minimum absolute atomic E-state index is 0.255. The summed E-state index contributed by atoms with van der Waals surface area (Å²) < 4.78 is 61.8. The molecule has 0 saturated heterocycles. The van der Waals surface area contributed by atoms with Crippen LogP contribution in [0.25, 0.3) is 0 Å². The number of aldehydes is 1. The van der Waals surface area contributed by atoms with Gasteiger partial charge in [-0.15, -0.1) is 0 Å². The molecule has 1 aromatic heterocycles. The SMILES string of the molecule is Nc1ncc(C(F)(F)F)c(C=O)c1C(F)F. The van der Waals surface area contributed by atoms with Gasteiger partial charge < -0.3 is 5.73 Å². The number of nitrogens with two attached hydrogens (primary N) is 1. The van der Waals surface area contributed by atoms with E-state index in [4.69, 9.17) is 5.73 Å². The summed E-state index contributed by atoms with van der Waals surface area (Å²) in [5.41, 5.74) is 1.11. The van der Waals surface area contributed by atoms with Crippen molar-refractivity contribution in [2.24, 2.45) is 0 Å². The van der Waals surface area contributed by atoms with Crippen LogP contribution in [0.15, 0.2) is 6.20 Å². The molecule has 1 heterocycles. The highest BCUT2D eigenvalue weighted by Gasteiger charge is 2.36. The summed E-state index contributed by atoms with van der Waals surface area (Å²) in [6.07, 6.45) is -8.27. The van der Waals surface area contributed by atoms with Gasteiger partial charge in [0.25, 0.3) is 6.43 Å². The van der Waals surface area contributed by atoms with Crippen LogP contribution in [0.3, 0.4) is 0 Å². The van der Waals surface area contributed by atoms with Gasteiger partial charge in [0.1, 0.15) is 5.82 Å². The molecule has 0 spiro atoms. The van der Waals surface area contributed by atoms with Gasteiger partial charge in [0.15, 0.2) is 6.29 Å². The Morgan fingerprint density at radius 2 is 1.94 bits per heavy atom. The molecule has 8 heteroatoms. The number of aromatic nitrogens is 1. The maximum atomic E-state index is 12.4. The summed E-state index contributed by atoms with van der Waals surface area (Å²) in [7, 11) is 0. The Kier molecular flexibility index (Phi) is 3.11. The zero-order chi connectivity index (χ0) is 12.5. The number of rotatable bonds is 2. The summed E-state index contributed by atoms with van der Waals surface area (Å²) >= 11 is 0. The van der Waals surface area contributed by atoms with Crippen LogP contribution in [0.5, 0.6) is 0 Å². The van der Waals surface area contributed by atoms with Gasteiger partial charge in [-0.25, -0.2) is 13.8 Å². The van der Waals surface area contributed by atoms with Gasteiger partial charge in [-0.3, -0.25) is 4.79 Å². The predicted octanol–water partition coefficient (Wildman–Crippen LogP) is 2.43. The van der Waals surface area contributed by atoms with E-state index in [0.29, 0.717) is 0 Å². The third kappa shape index (κ3) is 2.10. The fraction of sp³-hybridized carbons (Fsp3) is 0.250. The number of pyridine rings is 1. The van der Waals surface area contributed by atoms with Gasteiger partial charge in [-0.1, -0.05) is 0 Å². The molecular weight excluding hydrogens is 235 g/mol. The predicted molar refractivity (Wildman–Crippen MR) is 44.0 cm³/mol. The quantitative estimate of drug-likeness (QED) is 0.638. The van der Waals surface area contributed by atoms with Crippen LogP contribution in [0.4, 0.5) is 27.8 Å². The van der Waals surface area contributed by atoms with E-state index in [2.05, 4.69) is 4.98 Å². The summed E-state index contributed by atoms with van der Waals surface area (Å²) in [5.74, 6) is -0.787. The number of hydrogen-bond acceptors (Lipinski definition) is 3. The largest absolute Gasteiger partial charge is 0.418 e. The maximum absolute atomic E-state index is 12.4. The fourth-order valence-electron chi connectivity index (χ4n) is 1.14. The van der Waals surface area contributed by atoms with E-state index in [1.807, 2.05) is 0 Å². The lowest BCUT2D eigenvalue weighted by molar-refractivity contribution is -0.138. The van der Waals surface area contributed by atoms with Gasteiger partial charge in [0.2, 0.25) is 0 Å². The van der Waals surface area contributed by atoms with Crippen molar-refractivity contribution in [3.63, 3.8) is 0 Å². The second-order valence-corrected chi connectivity index (χ2v) is 2.80. The lowest BCUT2D eigenvalue weighted by Crippen LogP contribution is -2.14. The molecule has 3 nitrogen and oxygen atoms in total. The van der Waals surface area contributed by atoms with Gasteiger partial charge in [-0.05, 0) is 0 Å². The third-order valence-corrected chi connectivity index (χ3v) is 1.83. The van der Waals surface area contributed by atoms with Crippen molar-refractivity contribution in [1.82, 2.24) is 4.98 Å². The highest BCUT2D eigenvalue weighted by atomic mass is 19.4. The molecule has 0 fully saturated rings. The standard InChI is InChI=1S/C8H5F5N2O/c9-6(10)5-3(2-16)4(8(11,12)13)1-15-7(5)14/h1-2,6H,(H2,14,15). The average molecular weight is 240 g/mol. The summed E-state index contributed by atoms with van der Waals surface area (Å²) in [6, 6.07) is 0. The Morgan fingerprint density at radius 3 is 2.31 bits per heavy atom. The Labute approximate surface area is 86.1 Å². The Hall–Kier alpha value is -1.73. The summed E-state index contributed by atoms with van der Waals surface area (Å²) in [4.78, 5) is 13.4. The molecule has 0 radical (unpaired) electrons. The molecule has 0 aliphatic carbocycles. The lowest BCUT2D eigenvalue weighted by Gasteiger charge is -2.13. The van der Waals surface area contributed by atoms with E-state index in [1.54, 1.807) is 0 Å². The van der Waals surface area contributed by atoms with E-state index < -0.39 is 35.1 Å². The van der Waals surface area contributed by atoms with Crippen LogP contribution < -0.4 is 5.73 Å². The van der Waals surface area contributed by atoms with Crippen LogP contribution in [-0.4, -0.2) is 11.3 Å². The molecule has 0 atom stereocenters. The number of carbonyl (C=O) groups excluding carboxylic acids is 1. The number of halogens is 5. The monoisotopic (exact) mass is 240 g/mol. The number of nitrogen functional groups attached to an aromatic ring is 1. The zero-order valence-electron chi connectivity index (χ0n) is 7.55. The lowest BCUT2D eigenvalue weighted by atomic mass is 10.0. The second kappa shape index (κ2) is 4.03. The normalized spacial score (nSPS) is 11.9. The highest BCUT2D eigenvalue weighted by Crippen LogP contribution is 2.36. The van der Waals surface area contributed by atoms with Gasteiger partial charge >= 0.3 is 6.18 Å². The Balaban J connectivity index is 3.56. The molecule has 88 valence electrons. The second-order valence-electron chi connectivity index (χ2n) is 2.80. The third-order valence-electron chi connectivity index (χ3n) is 1.83. The van der Waals surface area contributed by atoms with Crippen LogP contribution in [0, 0.1) is 0 Å². The molecule has 0 saturated carbocycles. The number of alkyl halides is 5. The maximum Gasteiger partial charge on any atom is 0.418 e. The van der Waals surface area contributed by atoms with Gasteiger partial charge in [0, 0.05) is 11.8 Å². The highest BCUT2D eigenvalue weighted by molar-refractivity contribution is 5.82. The number of anilines is 1. The Bertz CT molecular complexity index is 416. The average Bonchev–Trinajstić information content (AvgIpc) is 2.14. The van der Waals surface area contributed by atoms with Gasteiger partial charge in [-0.2, -0.15) is 13.2 Å². The topological polar surface area (TPSA) is 56.0 Å². The molecule has 1 aromatic rings. The first kappa shape index (κ1) is 12.3. The molecule has 16 heavy (non-hydrogen) atoms. The molecule has 0 bridgehead atoms. The molecule has 0 aromatic carbocycles. The van der Waals surface area contributed by atoms with E-state index in [0.717, 1.165) is 0 Å². The van der Waals surface area contributed by atoms with E-state index in [-0.39, 0.29) is 12.5 Å². The summed E-state index contributed by atoms with van der Waals surface area (Å²) in [6.45, 7) is 0. The van der Waals surface area contributed by atoms with Crippen molar-refractivity contribution in [3.8, 4) is 0 Å². The number of hydrogen-bond donors (Lipinski definition) is 1. The Morgan fingerprint density at radius 1 is 1.38 bits per heavy atom. The minimum atomic E-state index is -4.93. The molecular formula is C8H5F5N2O. The molecule has 0 aliphatic rings. The summed E-state index contributed by atoms with van der Waals surface area (Å²) in [5, 5.41) is 0. The smallest absolute Gasteiger partial charge is 0.383 e. The molecule has 1 rings (SSSR count). The van der Waals surface area contributed by atoms with Crippen molar-refractivity contribution in [1.29, 1.82) is 0 Å². The van der Waals surface area contributed by atoms with Crippen molar-refractivity contribution in [2.75, 3.05) is 5.73 Å². The van der Waals surface area contributed by atoms with E-state index >= 15 is 0 Å². The number of nitrogens with zero attached hydrogens (tertiary/aromatic N) is 1. The first-order valence-corrected chi connectivity index (χ1v) is 3.88. The molecule has 2 N–H and O–H groups in total. The van der Waals surface area contributed by atoms with E-state index in [1.165, 1.54) is 0 Å². The van der Waals surface area contributed by atoms with E-state index in [9.17, 15) is 26.7 Å². The molecule has 0 aliphatic heterocycles. The van der Waals surface area contributed by atoms with Crippen LogP contribution in [0.1, 0.15) is 27.9 Å². The van der Waals surface area contributed by atoms with Crippen molar-refractivity contribution in [3.05, 3.63) is 22.9 Å².